The van der Waals surface area contributed by atoms with Crippen LogP contribution < -0.4 is 5.32 Å². The number of nitrogens with zero attached hydrogens (tertiary/aromatic N) is 1. The van der Waals surface area contributed by atoms with Gasteiger partial charge in [-0.1, -0.05) is 12.1 Å². The Morgan fingerprint density at radius 3 is 3.12 bits per heavy atom. The van der Waals surface area contributed by atoms with Crippen LogP contribution in [0, 0.1) is 0 Å². The minimum atomic E-state index is 0.623. The quantitative estimate of drug-likeness (QED) is 0.837. The van der Waals surface area contributed by atoms with Crippen LogP contribution >= 0.6 is 0 Å². The van der Waals surface area contributed by atoms with Crippen LogP contribution in [-0.4, -0.2) is 12.1 Å². The molecule has 4 heteroatoms. The fourth-order valence-corrected chi connectivity index (χ4v) is 1.46. The van der Waals surface area contributed by atoms with Gasteiger partial charge in [0.2, 0.25) is 0 Å². The van der Waals surface area contributed by atoms with E-state index in [9.17, 15) is 0 Å². The molecule has 0 fully saturated rings. The van der Waals surface area contributed by atoms with Crippen molar-refractivity contribution in [2.45, 2.75) is 13.2 Å². The van der Waals surface area contributed by atoms with Crippen molar-refractivity contribution >= 4 is 5.69 Å². The molecule has 0 bridgehead atoms. The van der Waals surface area contributed by atoms with Crippen LogP contribution in [0.2, 0.25) is 0 Å². The summed E-state index contributed by atoms with van der Waals surface area (Å²) < 4.78 is 10.2. The number of hydrogen-bond donors (Lipinski definition) is 1. The summed E-state index contributed by atoms with van der Waals surface area (Å²) in [6, 6.07) is 8.09. The van der Waals surface area contributed by atoms with Gasteiger partial charge in [0.1, 0.15) is 5.76 Å². The second kappa shape index (κ2) is 5.32. The van der Waals surface area contributed by atoms with E-state index in [-0.39, 0.29) is 0 Å². The molecule has 1 heterocycles. The zero-order valence-corrected chi connectivity index (χ0v) is 9.14. The highest BCUT2D eigenvalue weighted by Crippen LogP contribution is 2.12. The van der Waals surface area contributed by atoms with Crippen LogP contribution in [0.15, 0.2) is 41.3 Å². The minimum absolute atomic E-state index is 0.623. The highest BCUT2D eigenvalue weighted by atomic mass is 16.5. The maximum absolute atomic E-state index is 5.13. The van der Waals surface area contributed by atoms with Crippen molar-refractivity contribution in [3.05, 3.63) is 48.2 Å². The molecular weight excluding hydrogens is 204 g/mol. The van der Waals surface area contributed by atoms with E-state index in [4.69, 9.17) is 9.15 Å². The molecule has 16 heavy (non-hydrogen) atoms. The summed E-state index contributed by atoms with van der Waals surface area (Å²) in [5, 5.41) is 3.26. The van der Waals surface area contributed by atoms with Gasteiger partial charge in [-0.2, -0.15) is 0 Å². The standard InChI is InChI=1S/C12H14N2O2/c1-15-8-10-3-2-4-11(5-10)14-7-12-6-13-9-16-12/h2-6,9,14H,7-8H2,1H3. The highest BCUT2D eigenvalue weighted by molar-refractivity contribution is 5.45. The molecule has 0 aliphatic rings. The lowest BCUT2D eigenvalue weighted by atomic mass is 10.2. The van der Waals surface area contributed by atoms with E-state index < -0.39 is 0 Å². The Labute approximate surface area is 94.3 Å². The molecule has 1 aromatic heterocycles. The predicted molar refractivity (Wildman–Crippen MR) is 61.0 cm³/mol. The van der Waals surface area contributed by atoms with Gasteiger partial charge in [0.15, 0.2) is 6.39 Å². The minimum Gasteiger partial charge on any atom is -0.447 e. The van der Waals surface area contributed by atoms with Crippen LogP contribution in [0.25, 0.3) is 0 Å². The monoisotopic (exact) mass is 218 g/mol. The van der Waals surface area contributed by atoms with E-state index in [1.807, 2.05) is 18.2 Å². The molecule has 0 unspecified atom stereocenters. The Morgan fingerprint density at radius 1 is 1.44 bits per heavy atom. The molecule has 0 aliphatic carbocycles. The van der Waals surface area contributed by atoms with Crippen molar-refractivity contribution in [1.82, 2.24) is 4.98 Å². The van der Waals surface area contributed by atoms with Gasteiger partial charge in [-0.05, 0) is 17.7 Å². The Bertz CT molecular complexity index is 426. The van der Waals surface area contributed by atoms with Crippen LogP contribution in [-0.2, 0) is 17.9 Å². The summed E-state index contributed by atoms with van der Waals surface area (Å²) in [6.45, 7) is 1.26. The average Bonchev–Trinajstić information content (AvgIpc) is 2.80. The van der Waals surface area contributed by atoms with E-state index >= 15 is 0 Å². The first-order valence-electron chi connectivity index (χ1n) is 5.07. The third-order valence-corrected chi connectivity index (χ3v) is 2.19. The second-order valence-corrected chi connectivity index (χ2v) is 3.45. The number of benzene rings is 1. The molecule has 0 atom stereocenters. The van der Waals surface area contributed by atoms with Gasteiger partial charge in [-0.25, -0.2) is 4.98 Å². The Kier molecular flexibility index (Phi) is 3.56. The number of hydrogen-bond acceptors (Lipinski definition) is 4. The summed E-state index contributed by atoms with van der Waals surface area (Å²) in [7, 11) is 1.69. The van der Waals surface area contributed by atoms with E-state index in [0.717, 1.165) is 17.0 Å². The Hall–Kier alpha value is -1.81. The molecule has 4 nitrogen and oxygen atoms in total. The molecule has 1 N–H and O–H groups in total. The number of anilines is 1. The highest BCUT2D eigenvalue weighted by Gasteiger charge is 1.98. The van der Waals surface area contributed by atoms with E-state index in [2.05, 4.69) is 16.4 Å². The van der Waals surface area contributed by atoms with Crippen molar-refractivity contribution in [1.29, 1.82) is 0 Å². The molecule has 84 valence electrons. The molecule has 0 aliphatic heterocycles. The number of rotatable bonds is 5. The first-order chi connectivity index (χ1) is 7.88. The summed E-state index contributed by atoms with van der Waals surface area (Å²) in [5.41, 5.74) is 2.19. The van der Waals surface area contributed by atoms with Crippen molar-refractivity contribution < 1.29 is 9.15 Å². The molecule has 1 aromatic carbocycles. The number of oxazole rings is 1. The summed E-state index contributed by atoms with van der Waals surface area (Å²) in [4.78, 5) is 3.85. The third kappa shape index (κ3) is 2.84. The average molecular weight is 218 g/mol. The molecule has 0 saturated carbocycles. The van der Waals surface area contributed by atoms with Gasteiger partial charge >= 0.3 is 0 Å². The number of methoxy groups -OCH3 is 1. The number of nitrogens with one attached hydrogen (secondary N) is 1. The van der Waals surface area contributed by atoms with Crippen LogP contribution in [0.1, 0.15) is 11.3 Å². The van der Waals surface area contributed by atoms with Gasteiger partial charge in [0.05, 0.1) is 19.3 Å². The topological polar surface area (TPSA) is 47.3 Å². The van der Waals surface area contributed by atoms with Crippen molar-refractivity contribution in [2.24, 2.45) is 0 Å². The smallest absolute Gasteiger partial charge is 0.180 e. The molecule has 0 saturated heterocycles. The first-order valence-corrected chi connectivity index (χ1v) is 5.07. The van der Waals surface area contributed by atoms with Gasteiger partial charge in [0, 0.05) is 12.8 Å². The summed E-state index contributed by atoms with van der Waals surface area (Å²) in [6.07, 6.45) is 3.13. The van der Waals surface area contributed by atoms with E-state index in [1.54, 1.807) is 13.3 Å². The normalized spacial score (nSPS) is 10.3. The lowest BCUT2D eigenvalue weighted by Gasteiger charge is -2.06. The van der Waals surface area contributed by atoms with E-state index in [0.29, 0.717) is 13.2 Å². The fourth-order valence-electron chi connectivity index (χ4n) is 1.46. The molecule has 0 amide bonds. The fraction of sp³-hybridized carbons (Fsp3) is 0.250. The SMILES string of the molecule is COCc1cccc(NCc2cnco2)c1. The Morgan fingerprint density at radius 2 is 2.38 bits per heavy atom. The van der Waals surface area contributed by atoms with Crippen molar-refractivity contribution in [2.75, 3.05) is 12.4 Å². The second-order valence-electron chi connectivity index (χ2n) is 3.45. The predicted octanol–water partition coefficient (Wildman–Crippen LogP) is 2.43. The van der Waals surface area contributed by atoms with Crippen LogP contribution in [0.4, 0.5) is 5.69 Å². The lowest BCUT2D eigenvalue weighted by molar-refractivity contribution is 0.185. The van der Waals surface area contributed by atoms with Gasteiger partial charge in [0.25, 0.3) is 0 Å². The van der Waals surface area contributed by atoms with Gasteiger partial charge < -0.3 is 14.5 Å². The zero-order valence-electron chi connectivity index (χ0n) is 9.14. The van der Waals surface area contributed by atoms with Crippen LogP contribution in [0.3, 0.4) is 0 Å². The molecule has 0 spiro atoms. The molecule has 2 aromatic rings. The first kappa shape index (κ1) is 10.7. The van der Waals surface area contributed by atoms with Gasteiger partial charge in [-0.3, -0.25) is 0 Å². The lowest BCUT2D eigenvalue weighted by Crippen LogP contribution is -1.99. The Balaban J connectivity index is 1.96. The largest absolute Gasteiger partial charge is 0.447 e. The van der Waals surface area contributed by atoms with Crippen molar-refractivity contribution in [3.8, 4) is 0 Å². The van der Waals surface area contributed by atoms with Gasteiger partial charge in [-0.15, -0.1) is 0 Å². The molecule has 0 radical (unpaired) electrons. The maximum Gasteiger partial charge on any atom is 0.180 e. The van der Waals surface area contributed by atoms with Crippen LogP contribution in [0.5, 0.6) is 0 Å². The van der Waals surface area contributed by atoms with E-state index in [1.165, 1.54) is 6.39 Å². The van der Waals surface area contributed by atoms with Crippen molar-refractivity contribution in [3.63, 3.8) is 0 Å². The summed E-state index contributed by atoms with van der Waals surface area (Å²) >= 11 is 0. The zero-order chi connectivity index (χ0) is 11.2. The maximum atomic E-state index is 5.13. The number of aromatic nitrogens is 1. The molecule has 2 rings (SSSR count). The third-order valence-electron chi connectivity index (χ3n) is 2.19. The summed E-state index contributed by atoms with van der Waals surface area (Å²) in [5.74, 6) is 0.817. The number of ether oxygens (including phenoxy) is 1. The molecular formula is C12H14N2O2.